The summed E-state index contributed by atoms with van der Waals surface area (Å²) >= 11 is 0. The summed E-state index contributed by atoms with van der Waals surface area (Å²) in [5.41, 5.74) is 1.37. The molecule has 2 rings (SSSR count). The standard InChI is InChI=1S/C17H21FN2O2S/c1-13-9-10-15(18)11-17(13)23(21,22)19-16(12-20(2)3)14-7-5-4-6-8-14/h4-11,16,19H,12H2,1-3H3/t16-/m0/s1. The van der Waals surface area contributed by atoms with E-state index in [0.29, 0.717) is 12.1 Å². The average molecular weight is 336 g/mol. The van der Waals surface area contributed by atoms with E-state index in [1.165, 1.54) is 12.1 Å². The van der Waals surface area contributed by atoms with E-state index in [2.05, 4.69) is 4.72 Å². The van der Waals surface area contributed by atoms with Crippen molar-refractivity contribution in [1.82, 2.24) is 9.62 Å². The van der Waals surface area contributed by atoms with E-state index in [-0.39, 0.29) is 4.90 Å². The molecule has 1 atom stereocenters. The highest BCUT2D eigenvalue weighted by Crippen LogP contribution is 2.21. The topological polar surface area (TPSA) is 49.4 Å². The Morgan fingerprint density at radius 1 is 1.13 bits per heavy atom. The van der Waals surface area contributed by atoms with Crippen LogP contribution in [0.4, 0.5) is 4.39 Å². The minimum atomic E-state index is -3.82. The number of hydrogen-bond donors (Lipinski definition) is 1. The van der Waals surface area contributed by atoms with Gasteiger partial charge in [0.15, 0.2) is 0 Å². The van der Waals surface area contributed by atoms with Crippen LogP contribution >= 0.6 is 0 Å². The number of nitrogens with one attached hydrogen (secondary N) is 1. The second kappa shape index (κ2) is 7.21. The van der Waals surface area contributed by atoms with Gasteiger partial charge in [-0.05, 0) is 44.3 Å². The lowest BCUT2D eigenvalue weighted by Crippen LogP contribution is -2.35. The predicted octanol–water partition coefficient (Wildman–Crippen LogP) is 2.72. The van der Waals surface area contributed by atoms with Gasteiger partial charge in [0.1, 0.15) is 5.82 Å². The molecule has 0 saturated heterocycles. The second-order valence-corrected chi connectivity index (χ2v) is 7.44. The van der Waals surface area contributed by atoms with Gasteiger partial charge >= 0.3 is 0 Å². The van der Waals surface area contributed by atoms with Crippen molar-refractivity contribution in [2.75, 3.05) is 20.6 Å². The van der Waals surface area contributed by atoms with Crippen LogP contribution in [0, 0.1) is 12.7 Å². The van der Waals surface area contributed by atoms with E-state index in [0.717, 1.165) is 11.6 Å². The van der Waals surface area contributed by atoms with Crippen molar-refractivity contribution in [2.24, 2.45) is 0 Å². The van der Waals surface area contributed by atoms with Gasteiger partial charge in [0, 0.05) is 6.54 Å². The first-order valence-corrected chi connectivity index (χ1v) is 8.76. The van der Waals surface area contributed by atoms with E-state index in [9.17, 15) is 12.8 Å². The first kappa shape index (κ1) is 17.6. The van der Waals surface area contributed by atoms with E-state index in [4.69, 9.17) is 0 Å². The molecule has 0 aliphatic rings. The monoisotopic (exact) mass is 336 g/mol. The molecule has 1 N–H and O–H groups in total. The molecule has 0 spiro atoms. The minimum Gasteiger partial charge on any atom is -0.307 e. The van der Waals surface area contributed by atoms with Crippen LogP contribution in [0.1, 0.15) is 17.2 Å². The number of rotatable bonds is 6. The molecule has 4 nitrogen and oxygen atoms in total. The Hall–Kier alpha value is -1.76. The number of aryl methyl sites for hydroxylation is 1. The van der Waals surface area contributed by atoms with Crippen LogP contribution < -0.4 is 4.72 Å². The van der Waals surface area contributed by atoms with Crippen molar-refractivity contribution >= 4 is 10.0 Å². The maximum absolute atomic E-state index is 13.4. The lowest BCUT2D eigenvalue weighted by Gasteiger charge is -2.23. The minimum absolute atomic E-state index is 0.0304. The maximum Gasteiger partial charge on any atom is 0.241 e. The summed E-state index contributed by atoms with van der Waals surface area (Å²) in [6.45, 7) is 2.15. The molecule has 0 saturated carbocycles. The third kappa shape index (κ3) is 4.60. The van der Waals surface area contributed by atoms with Gasteiger partial charge in [0.05, 0.1) is 10.9 Å². The van der Waals surface area contributed by atoms with Crippen molar-refractivity contribution in [1.29, 1.82) is 0 Å². The SMILES string of the molecule is Cc1ccc(F)cc1S(=O)(=O)N[C@@H](CN(C)C)c1ccccc1. The van der Waals surface area contributed by atoms with Gasteiger partial charge in [-0.2, -0.15) is 0 Å². The quantitative estimate of drug-likeness (QED) is 0.882. The first-order chi connectivity index (χ1) is 10.8. The summed E-state index contributed by atoms with van der Waals surface area (Å²) in [5, 5.41) is 0. The largest absolute Gasteiger partial charge is 0.307 e. The Kier molecular flexibility index (Phi) is 5.51. The molecule has 0 amide bonds. The smallest absolute Gasteiger partial charge is 0.241 e. The predicted molar refractivity (Wildman–Crippen MR) is 89.2 cm³/mol. The highest BCUT2D eigenvalue weighted by Gasteiger charge is 2.23. The van der Waals surface area contributed by atoms with Crippen LogP contribution in [0.3, 0.4) is 0 Å². The normalized spacial score (nSPS) is 13.3. The Morgan fingerprint density at radius 3 is 2.39 bits per heavy atom. The highest BCUT2D eigenvalue weighted by molar-refractivity contribution is 7.89. The number of nitrogens with zero attached hydrogens (tertiary/aromatic N) is 1. The van der Waals surface area contributed by atoms with Crippen molar-refractivity contribution < 1.29 is 12.8 Å². The zero-order valence-corrected chi connectivity index (χ0v) is 14.3. The molecular formula is C17H21FN2O2S. The zero-order chi connectivity index (χ0) is 17.0. The van der Waals surface area contributed by atoms with Gasteiger partial charge in [0.25, 0.3) is 0 Å². The van der Waals surface area contributed by atoms with Gasteiger partial charge in [-0.25, -0.2) is 17.5 Å². The summed E-state index contributed by atoms with van der Waals surface area (Å²) in [7, 11) is -0.0777. The fraction of sp³-hybridized carbons (Fsp3) is 0.294. The fourth-order valence-electron chi connectivity index (χ4n) is 2.38. The molecule has 0 heterocycles. The summed E-state index contributed by atoms with van der Waals surface area (Å²) < 4.78 is 41.5. The molecule has 0 unspecified atom stereocenters. The van der Waals surface area contributed by atoms with Gasteiger partial charge in [-0.1, -0.05) is 36.4 Å². The summed E-state index contributed by atoms with van der Waals surface area (Å²) in [4.78, 5) is 1.87. The number of likely N-dealkylation sites (N-methyl/N-ethyl adjacent to an activating group) is 1. The third-order valence-corrected chi connectivity index (χ3v) is 5.10. The first-order valence-electron chi connectivity index (χ1n) is 7.28. The van der Waals surface area contributed by atoms with Gasteiger partial charge in [0.2, 0.25) is 10.0 Å². The highest BCUT2D eigenvalue weighted by atomic mass is 32.2. The molecule has 0 aliphatic carbocycles. The number of hydrogen-bond acceptors (Lipinski definition) is 3. The lowest BCUT2D eigenvalue weighted by molar-refractivity contribution is 0.363. The fourth-order valence-corrected chi connectivity index (χ4v) is 3.85. The molecule has 124 valence electrons. The second-order valence-electron chi connectivity index (χ2n) is 5.76. The van der Waals surface area contributed by atoms with Crippen LogP contribution in [0.5, 0.6) is 0 Å². The summed E-state index contributed by atoms with van der Waals surface area (Å²) in [6.07, 6.45) is 0. The van der Waals surface area contributed by atoms with Gasteiger partial charge in [-0.3, -0.25) is 0 Å². The van der Waals surface area contributed by atoms with E-state index < -0.39 is 21.9 Å². The lowest BCUT2D eigenvalue weighted by atomic mass is 10.1. The molecule has 0 fully saturated rings. The van der Waals surface area contributed by atoms with Crippen molar-refractivity contribution in [2.45, 2.75) is 17.9 Å². The van der Waals surface area contributed by atoms with Crippen molar-refractivity contribution in [3.63, 3.8) is 0 Å². The molecule has 0 radical (unpaired) electrons. The Bertz CT molecular complexity index is 761. The van der Waals surface area contributed by atoms with Crippen molar-refractivity contribution in [3.8, 4) is 0 Å². The number of sulfonamides is 1. The summed E-state index contributed by atoms with van der Waals surface area (Å²) in [6, 6.07) is 12.7. The van der Waals surface area contributed by atoms with Gasteiger partial charge in [-0.15, -0.1) is 0 Å². The van der Waals surface area contributed by atoms with Crippen LogP contribution in [0.2, 0.25) is 0 Å². The molecule has 0 aliphatic heterocycles. The van der Waals surface area contributed by atoms with Crippen LogP contribution in [-0.2, 0) is 10.0 Å². The molecule has 6 heteroatoms. The Labute approximate surface area is 137 Å². The molecule has 0 aromatic heterocycles. The Balaban J connectivity index is 2.36. The summed E-state index contributed by atoms with van der Waals surface area (Å²) in [5.74, 6) is -0.570. The maximum atomic E-state index is 13.4. The third-order valence-electron chi connectivity index (χ3n) is 3.49. The zero-order valence-electron chi connectivity index (χ0n) is 13.5. The van der Waals surface area contributed by atoms with E-state index in [1.54, 1.807) is 6.92 Å². The van der Waals surface area contributed by atoms with E-state index >= 15 is 0 Å². The molecule has 2 aromatic carbocycles. The van der Waals surface area contributed by atoms with Crippen LogP contribution in [0.25, 0.3) is 0 Å². The molecule has 23 heavy (non-hydrogen) atoms. The molecular weight excluding hydrogens is 315 g/mol. The van der Waals surface area contributed by atoms with Crippen LogP contribution in [-0.4, -0.2) is 34.0 Å². The number of benzene rings is 2. The van der Waals surface area contributed by atoms with Gasteiger partial charge < -0.3 is 4.90 Å². The molecule has 2 aromatic rings. The Morgan fingerprint density at radius 2 is 1.78 bits per heavy atom. The average Bonchev–Trinajstić information content (AvgIpc) is 2.49. The van der Waals surface area contributed by atoms with Crippen molar-refractivity contribution in [3.05, 3.63) is 65.5 Å². The van der Waals surface area contributed by atoms with E-state index in [1.807, 2.05) is 49.3 Å². The number of halogens is 1. The van der Waals surface area contributed by atoms with Crippen LogP contribution in [0.15, 0.2) is 53.4 Å². The molecule has 0 bridgehead atoms.